The zero-order valence-corrected chi connectivity index (χ0v) is 12.9. The average Bonchev–Trinajstić information content (AvgIpc) is 2.78. The SMILES string of the molecule is CCOC(=O)c1ccccc1NC(C)c1cc(C)oc1C. The molecule has 1 heterocycles. The predicted octanol–water partition coefficient (Wildman–Crippen LogP) is 4.25. The van der Waals surface area contributed by atoms with Crippen LogP contribution in [0.25, 0.3) is 0 Å². The Morgan fingerprint density at radius 1 is 1.33 bits per heavy atom. The van der Waals surface area contributed by atoms with Crippen LogP contribution in [0, 0.1) is 13.8 Å². The first-order chi connectivity index (χ1) is 10.0. The quantitative estimate of drug-likeness (QED) is 0.835. The molecule has 1 aromatic carbocycles. The van der Waals surface area contributed by atoms with E-state index in [2.05, 4.69) is 5.32 Å². The molecule has 1 N–H and O–H groups in total. The van der Waals surface area contributed by atoms with Crippen molar-refractivity contribution in [2.75, 3.05) is 11.9 Å². The van der Waals surface area contributed by atoms with E-state index in [1.165, 1.54) is 0 Å². The minimum Gasteiger partial charge on any atom is -0.466 e. The Morgan fingerprint density at radius 2 is 2.05 bits per heavy atom. The smallest absolute Gasteiger partial charge is 0.340 e. The number of benzene rings is 1. The number of furan rings is 1. The molecule has 1 unspecified atom stereocenters. The van der Waals surface area contributed by atoms with E-state index in [4.69, 9.17) is 9.15 Å². The molecule has 0 aliphatic carbocycles. The summed E-state index contributed by atoms with van der Waals surface area (Å²) in [5.74, 6) is 1.46. The summed E-state index contributed by atoms with van der Waals surface area (Å²) in [6.45, 7) is 8.07. The molecule has 0 spiro atoms. The van der Waals surface area contributed by atoms with E-state index in [0.29, 0.717) is 12.2 Å². The molecule has 112 valence electrons. The molecule has 0 saturated heterocycles. The normalized spacial score (nSPS) is 12.0. The van der Waals surface area contributed by atoms with Crippen molar-refractivity contribution >= 4 is 11.7 Å². The summed E-state index contributed by atoms with van der Waals surface area (Å²) in [5.41, 5.74) is 2.40. The maximum atomic E-state index is 12.0. The first-order valence-corrected chi connectivity index (χ1v) is 7.12. The molecule has 2 aromatic rings. The van der Waals surface area contributed by atoms with Gasteiger partial charge in [0.25, 0.3) is 0 Å². The molecule has 4 nitrogen and oxygen atoms in total. The molecule has 0 saturated carbocycles. The number of nitrogens with one attached hydrogen (secondary N) is 1. The highest BCUT2D eigenvalue weighted by Gasteiger charge is 2.16. The number of ether oxygens (including phenoxy) is 1. The van der Waals surface area contributed by atoms with Crippen LogP contribution in [0.5, 0.6) is 0 Å². The number of hydrogen-bond donors (Lipinski definition) is 1. The van der Waals surface area contributed by atoms with Gasteiger partial charge in [-0.3, -0.25) is 0 Å². The highest BCUT2D eigenvalue weighted by Crippen LogP contribution is 2.26. The molecule has 0 radical (unpaired) electrons. The van der Waals surface area contributed by atoms with Crippen molar-refractivity contribution in [3.8, 4) is 0 Å². The lowest BCUT2D eigenvalue weighted by Gasteiger charge is -2.17. The van der Waals surface area contributed by atoms with Crippen LogP contribution in [0.15, 0.2) is 34.7 Å². The lowest BCUT2D eigenvalue weighted by Crippen LogP contribution is -2.12. The minimum absolute atomic E-state index is 0.0398. The number of aryl methyl sites for hydroxylation is 2. The fourth-order valence-corrected chi connectivity index (χ4v) is 2.39. The summed E-state index contributed by atoms with van der Waals surface area (Å²) in [6, 6.07) is 9.42. The van der Waals surface area contributed by atoms with Gasteiger partial charge in [-0.2, -0.15) is 0 Å². The van der Waals surface area contributed by atoms with Crippen molar-refractivity contribution < 1.29 is 13.9 Å². The van der Waals surface area contributed by atoms with Gasteiger partial charge in [-0.05, 0) is 45.9 Å². The monoisotopic (exact) mass is 287 g/mol. The van der Waals surface area contributed by atoms with Gasteiger partial charge in [0.15, 0.2) is 0 Å². The summed E-state index contributed by atoms with van der Waals surface area (Å²) < 4.78 is 10.6. The minimum atomic E-state index is -0.312. The van der Waals surface area contributed by atoms with Crippen LogP contribution in [0.4, 0.5) is 5.69 Å². The van der Waals surface area contributed by atoms with Crippen LogP contribution in [-0.2, 0) is 4.74 Å². The zero-order chi connectivity index (χ0) is 15.4. The van der Waals surface area contributed by atoms with Gasteiger partial charge >= 0.3 is 5.97 Å². The van der Waals surface area contributed by atoms with Crippen molar-refractivity contribution in [1.29, 1.82) is 0 Å². The van der Waals surface area contributed by atoms with Gasteiger partial charge in [0.1, 0.15) is 11.5 Å². The Hall–Kier alpha value is -2.23. The first-order valence-electron chi connectivity index (χ1n) is 7.12. The van der Waals surface area contributed by atoms with E-state index in [1.54, 1.807) is 13.0 Å². The van der Waals surface area contributed by atoms with Crippen molar-refractivity contribution in [3.05, 3.63) is 53.0 Å². The molecule has 4 heteroatoms. The van der Waals surface area contributed by atoms with Crippen molar-refractivity contribution in [3.63, 3.8) is 0 Å². The summed E-state index contributed by atoms with van der Waals surface area (Å²) in [4.78, 5) is 12.0. The van der Waals surface area contributed by atoms with Crippen molar-refractivity contribution in [2.24, 2.45) is 0 Å². The topological polar surface area (TPSA) is 51.5 Å². The van der Waals surface area contributed by atoms with E-state index in [-0.39, 0.29) is 12.0 Å². The number of carbonyl (C=O) groups is 1. The Morgan fingerprint density at radius 3 is 2.67 bits per heavy atom. The number of hydrogen-bond acceptors (Lipinski definition) is 4. The lowest BCUT2D eigenvalue weighted by atomic mass is 10.1. The lowest BCUT2D eigenvalue weighted by molar-refractivity contribution is 0.0527. The standard InChI is InChI=1S/C17H21NO3/c1-5-20-17(19)14-8-6-7-9-16(14)18-12(3)15-10-11(2)21-13(15)4/h6-10,12,18H,5H2,1-4H3. The number of anilines is 1. The molecule has 2 rings (SSSR count). The molecular formula is C17H21NO3. The van der Waals surface area contributed by atoms with Crippen LogP contribution in [-0.4, -0.2) is 12.6 Å². The van der Waals surface area contributed by atoms with Gasteiger partial charge in [0.2, 0.25) is 0 Å². The fraction of sp³-hybridized carbons (Fsp3) is 0.353. The summed E-state index contributed by atoms with van der Waals surface area (Å²) >= 11 is 0. The molecule has 1 atom stereocenters. The van der Waals surface area contributed by atoms with Crippen LogP contribution in [0.3, 0.4) is 0 Å². The van der Waals surface area contributed by atoms with Crippen LogP contribution < -0.4 is 5.32 Å². The van der Waals surface area contributed by atoms with E-state index in [0.717, 1.165) is 22.8 Å². The van der Waals surface area contributed by atoms with Gasteiger partial charge in [-0.25, -0.2) is 4.79 Å². The van der Waals surface area contributed by atoms with Gasteiger partial charge in [0, 0.05) is 11.3 Å². The largest absolute Gasteiger partial charge is 0.466 e. The third-order valence-electron chi connectivity index (χ3n) is 3.34. The van der Waals surface area contributed by atoms with Gasteiger partial charge in [-0.15, -0.1) is 0 Å². The van der Waals surface area contributed by atoms with Crippen LogP contribution in [0.1, 0.15) is 47.3 Å². The highest BCUT2D eigenvalue weighted by atomic mass is 16.5. The molecule has 0 aliphatic rings. The molecular weight excluding hydrogens is 266 g/mol. The molecule has 1 aromatic heterocycles. The van der Waals surface area contributed by atoms with E-state index < -0.39 is 0 Å². The van der Waals surface area contributed by atoms with Gasteiger partial charge in [0.05, 0.1) is 18.2 Å². The van der Waals surface area contributed by atoms with E-state index in [9.17, 15) is 4.79 Å². The Kier molecular flexibility index (Phi) is 4.68. The van der Waals surface area contributed by atoms with Gasteiger partial charge < -0.3 is 14.5 Å². The molecule has 21 heavy (non-hydrogen) atoms. The maximum absolute atomic E-state index is 12.0. The Labute approximate surface area is 125 Å². The van der Waals surface area contributed by atoms with Crippen LogP contribution >= 0.6 is 0 Å². The Balaban J connectivity index is 2.23. The fourth-order valence-electron chi connectivity index (χ4n) is 2.39. The summed E-state index contributed by atoms with van der Waals surface area (Å²) in [6.07, 6.45) is 0. The van der Waals surface area contributed by atoms with Crippen molar-refractivity contribution in [1.82, 2.24) is 0 Å². The van der Waals surface area contributed by atoms with E-state index >= 15 is 0 Å². The second-order valence-electron chi connectivity index (χ2n) is 5.00. The average molecular weight is 287 g/mol. The number of rotatable bonds is 5. The van der Waals surface area contributed by atoms with E-state index in [1.807, 2.05) is 45.0 Å². The van der Waals surface area contributed by atoms with Gasteiger partial charge in [-0.1, -0.05) is 12.1 Å². The summed E-state index contributed by atoms with van der Waals surface area (Å²) in [5, 5.41) is 3.36. The van der Waals surface area contributed by atoms with Crippen LogP contribution in [0.2, 0.25) is 0 Å². The van der Waals surface area contributed by atoms with Crippen molar-refractivity contribution in [2.45, 2.75) is 33.7 Å². The third-order valence-corrected chi connectivity index (χ3v) is 3.34. The number of esters is 1. The molecule has 0 bridgehead atoms. The maximum Gasteiger partial charge on any atom is 0.340 e. The highest BCUT2D eigenvalue weighted by molar-refractivity contribution is 5.95. The third kappa shape index (κ3) is 3.45. The molecule has 0 fully saturated rings. The second kappa shape index (κ2) is 6.48. The number of carbonyl (C=O) groups excluding carboxylic acids is 1. The first kappa shape index (κ1) is 15.2. The predicted molar refractivity (Wildman–Crippen MR) is 82.6 cm³/mol. The second-order valence-corrected chi connectivity index (χ2v) is 5.00. The summed E-state index contributed by atoms with van der Waals surface area (Å²) in [7, 11) is 0. The Bertz CT molecular complexity index is 631. The molecule has 0 amide bonds. The molecule has 0 aliphatic heterocycles. The zero-order valence-electron chi connectivity index (χ0n) is 12.9. The number of para-hydroxylation sites is 1.